The molecule has 15 heavy (non-hydrogen) atoms. The van der Waals surface area contributed by atoms with Gasteiger partial charge in [0, 0.05) is 16.1 Å². The zero-order chi connectivity index (χ0) is 11.3. The van der Waals surface area contributed by atoms with E-state index < -0.39 is 0 Å². The Morgan fingerprint density at radius 2 is 2.27 bits per heavy atom. The Balaban J connectivity index is 2.85. The normalized spacial score (nSPS) is 12.8. The Kier molecular flexibility index (Phi) is 5.22. The fourth-order valence-electron chi connectivity index (χ4n) is 1.52. The molecule has 0 heterocycles. The molecule has 0 aromatic heterocycles. The first-order valence-electron chi connectivity index (χ1n) is 5.10. The highest BCUT2D eigenvalue weighted by molar-refractivity contribution is 9.10. The summed E-state index contributed by atoms with van der Waals surface area (Å²) in [5.74, 6) is 5.22. The molecule has 0 aliphatic rings. The largest absolute Gasteiger partial charge is 0.271 e. The summed E-state index contributed by atoms with van der Waals surface area (Å²) >= 11 is 3.33. The molecule has 4 heteroatoms. The molecule has 1 rings (SSSR count). The summed E-state index contributed by atoms with van der Waals surface area (Å²) < 4.78 is 14.4. The summed E-state index contributed by atoms with van der Waals surface area (Å²) in [6.07, 6.45) is 2.95. The van der Waals surface area contributed by atoms with Crippen molar-refractivity contribution in [2.24, 2.45) is 5.84 Å². The lowest BCUT2D eigenvalue weighted by Gasteiger charge is -2.16. The van der Waals surface area contributed by atoms with Gasteiger partial charge in [-0.1, -0.05) is 35.7 Å². The summed E-state index contributed by atoms with van der Waals surface area (Å²) in [5, 5.41) is 0. The third-order valence-corrected chi connectivity index (χ3v) is 2.87. The van der Waals surface area contributed by atoms with Crippen LogP contribution in [-0.2, 0) is 0 Å². The first kappa shape index (κ1) is 12.6. The molecule has 1 unspecified atom stereocenters. The van der Waals surface area contributed by atoms with E-state index in [4.69, 9.17) is 5.84 Å². The number of rotatable bonds is 5. The Morgan fingerprint density at radius 3 is 2.87 bits per heavy atom. The van der Waals surface area contributed by atoms with Crippen LogP contribution in [0.5, 0.6) is 0 Å². The van der Waals surface area contributed by atoms with Crippen LogP contribution in [0.25, 0.3) is 0 Å². The average Bonchev–Trinajstić information content (AvgIpc) is 2.24. The number of halogens is 2. The van der Waals surface area contributed by atoms with Crippen LogP contribution in [0.4, 0.5) is 4.39 Å². The SMILES string of the molecule is CCCCC(NN)c1cc(Br)ccc1F. The predicted octanol–water partition coefficient (Wildman–Crippen LogP) is 3.28. The molecule has 0 radical (unpaired) electrons. The van der Waals surface area contributed by atoms with E-state index in [0.29, 0.717) is 5.56 Å². The van der Waals surface area contributed by atoms with Gasteiger partial charge in [-0.3, -0.25) is 11.3 Å². The number of hydrazine groups is 1. The van der Waals surface area contributed by atoms with E-state index in [-0.39, 0.29) is 11.9 Å². The van der Waals surface area contributed by atoms with Gasteiger partial charge in [0.2, 0.25) is 0 Å². The Morgan fingerprint density at radius 1 is 1.53 bits per heavy atom. The number of hydrogen-bond acceptors (Lipinski definition) is 2. The fraction of sp³-hybridized carbons (Fsp3) is 0.455. The van der Waals surface area contributed by atoms with Crippen molar-refractivity contribution in [3.8, 4) is 0 Å². The molecule has 0 saturated carbocycles. The number of benzene rings is 1. The fourth-order valence-corrected chi connectivity index (χ4v) is 1.90. The molecule has 1 atom stereocenters. The van der Waals surface area contributed by atoms with Gasteiger partial charge in [-0.25, -0.2) is 4.39 Å². The van der Waals surface area contributed by atoms with Gasteiger partial charge >= 0.3 is 0 Å². The smallest absolute Gasteiger partial charge is 0.128 e. The van der Waals surface area contributed by atoms with Crippen molar-refractivity contribution in [1.82, 2.24) is 5.43 Å². The Labute approximate surface area is 98.1 Å². The van der Waals surface area contributed by atoms with Crippen molar-refractivity contribution in [3.05, 3.63) is 34.1 Å². The van der Waals surface area contributed by atoms with Crippen molar-refractivity contribution < 1.29 is 4.39 Å². The number of nitrogens with two attached hydrogens (primary N) is 1. The Hall–Kier alpha value is -0.450. The van der Waals surface area contributed by atoms with E-state index >= 15 is 0 Å². The van der Waals surface area contributed by atoms with E-state index in [1.54, 1.807) is 12.1 Å². The average molecular weight is 275 g/mol. The van der Waals surface area contributed by atoms with E-state index in [2.05, 4.69) is 28.3 Å². The molecule has 0 aliphatic carbocycles. The molecule has 0 amide bonds. The predicted molar refractivity (Wildman–Crippen MR) is 63.7 cm³/mol. The lowest BCUT2D eigenvalue weighted by Crippen LogP contribution is -2.28. The monoisotopic (exact) mass is 274 g/mol. The number of unbranched alkanes of at least 4 members (excludes halogenated alkanes) is 1. The minimum absolute atomic E-state index is 0.109. The first-order valence-corrected chi connectivity index (χ1v) is 5.89. The zero-order valence-electron chi connectivity index (χ0n) is 8.76. The highest BCUT2D eigenvalue weighted by Crippen LogP contribution is 2.24. The van der Waals surface area contributed by atoms with Gasteiger partial charge in [0.05, 0.1) is 0 Å². The summed E-state index contributed by atoms with van der Waals surface area (Å²) in [6, 6.07) is 4.81. The van der Waals surface area contributed by atoms with Crippen LogP contribution in [0.2, 0.25) is 0 Å². The summed E-state index contributed by atoms with van der Waals surface area (Å²) in [6.45, 7) is 2.10. The second-order valence-corrected chi connectivity index (χ2v) is 4.44. The molecular weight excluding hydrogens is 259 g/mol. The molecule has 3 N–H and O–H groups in total. The highest BCUT2D eigenvalue weighted by Gasteiger charge is 2.13. The topological polar surface area (TPSA) is 38.0 Å². The molecule has 0 bridgehead atoms. The van der Waals surface area contributed by atoms with Gasteiger partial charge in [-0.05, 0) is 24.6 Å². The van der Waals surface area contributed by atoms with Crippen LogP contribution in [0.3, 0.4) is 0 Å². The maximum atomic E-state index is 13.5. The van der Waals surface area contributed by atoms with Crippen LogP contribution in [0, 0.1) is 5.82 Å². The van der Waals surface area contributed by atoms with E-state index in [1.165, 1.54) is 6.07 Å². The molecule has 0 fully saturated rings. The van der Waals surface area contributed by atoms with Crippen molar-refractivity contribution >= 4 is 15.9 Å². The van der Waals surface area contributed by atoms with Crippen LogP contribution in [0.1, 0.15) is 37.8 Å². The van der Waals surface area contributed by atoms with Crippen molar-refractivity contribution in [1.29, 1.82) is 0 Å². The van der Waals surface area contributed by atoms with Crippen molar-refractivity contribution in [2.75, 3.05) is 0 Å². The molecule has 0 spiro atoms. The quantitative estimate of drug-likeness (QED) is 0.639. The molecule has 0 aliphatic heterocycles. The van der Waals surface area contributed by atoms with E-state index in [9.17, 15) is 4.39 Å². The molecule has 1 aromatic carbocycles. The maximum Gasteiger partial charge on any atom is 0.128 e. The van der Waals surface area contributed by atoms with Gasteiger partial charge in [0.25, 0.3) is 0 Å². The van der Waals surface area contributed by atoms with Crippen LogP contribution >= 0.6 is 15.9 Å². The third-order valence-electron chi connectivity index (χ3n) is 2.38. The van der Waals surface area contributed by atoms with E-state index in [1.807, 2.05) is 0 Å². The molecule has 84 valence electrons. The molecule has 1 aromatic rings. The zero-order valence-corrected chi connectivity index (χ0v) is 10.3. The highest BCUT2D eigenvalue weighted by atomic mass is 79.9. The van der Waals surface area contributed by atoms with Gasteiger partial charge in [0.15, 0.2) is 0 Å². The van der Waals surface area contributed by atoms with Crippen LogP contribution < -0.4 is 11.3 Å². The minimum Gasteiger partial charge on any atom is -0.271 e. The lowest BCUT2D eigenvalue weighted by molar-refractivity contribution is 0.470. The first-order chi connectivity index (χ1) is 7.19. The summed E-state index contributed by atoms with van der Waals surface area (Å²) in [5.41, 5.74) is 3.29. The van der Waals surface area contributed by atoms with Gasteiger partial charge in [0.1, 0.15) is 5.82 Å². The van der Waals surface area contributed by atoms with E-state index in [0.717, 1.165) is 23.7 Å². The minimum atomic E-state index is -0.211. The van der Waals surface area contributed by atoms with Crippen LogP contribution in [-0.4, -0.2) is 0 Å². The van der Waals surface area contributed by atoms with Crippen molar-refractivity contribution in [2.45, 2.75) is 32.2 Å². The maximum absolute atomic E-state index is 13.5. The number of hydrogen-bond donors (Lipinski definition) is 2. The summed E-state index contributed by atoms with van der Waals surface area (Å²) in [7, 11) is 0. The standard InChI is InChI=1S/C11H16BrFN2/c1-2-3-4-11(15-14)9-7-8(12)5-6-10(9)13/h5-7,11,15H,2-4,14H2,1H3. The molecular formula is C11H16BrFN2. The lowest BCUT2D eigenvalue weighted by atomic mass is 10.0. The Bertz CT molecular complexity index is 317. The second kappa shape index (κ2) is 6.20. The summed E-state index contributed by atoms with van der Waals surface area (Å²) in [4.78, 5) is 0. The van der Waals surface area contributed by atoms with Gasteiger partial charge < -0.3 is 0 Å². The number of nitrogens with one attached hydrogen (secondary N) is 1. The third kappa shape index (κ3) is 3.55. The van der Waals surface area contributed by atoms with Gasteiger partial charge in [-0.2, -0.15) is 0 Å². The molecule has 2 nitrogen and oxygen atoms in total. The molecule has 0 saturated heterocycles. The van der Waals surface area contributed by atoms with Gasteiger partial charge in [-0.15, -0.1) is 0 Å². The second-order valence-electron chi connectivity index (χ2n) is 3.53. The van der Waals surface area contributed by atoms with Crippen molar-refractivity contribution in [3.63, 3.8) is 0 Å². The van der Waals surface area contributed by atoms with Crippen LogP contribution in [0.15, 0.2) is 22.7 Å².